The fourth-order valence-electron chi connectivity index (χ4n) is 10.3. The maximum Gasteiger partial charge on any atom is 0.407 e. The Hall–Kier alpha value is -6.74. The summed E-state index contributed by atoms with van der Waals surface area (Å²) in [7, 11) is 1.29. The molecule has 6 aromatic rings. The van der Waals surface area contributed by atoms with Gasteiger partial charge in [-0.25, -0.2) is 9.78 Å². The zero-order valence-corrected chi connectivity index (χ0v) is 37.6. The van der Waals surface area contributed by atoms with Crippen LogP contribution >= 0.6 is 0 Å². The van der Waals surface area contributed by atoms with Crippen molar-refractivity contribution in [2.24, 2.45) is 22.7 Å². The third-order valence-corrected chi connectivity index (χ3v) is 13.9. The largest absolute Gasteiger partial charge is 0.453 e. The predicted octanol–water partition coefficient (Wildman–Crippen LogP) is 8.93. The molecule has 67 heavy (non-hydrogen) atoms. The summed E-state index contributed by atoms with van der Waals surface area (Å²) < 4.78 is 36.1. The van der Waals surface area contributed by atoms with Crippen LogP contribution < -0.4 is 10.6 Å². The molecule has 5 atom stereocenters. The summed E-state index contributed by atoms with van der Waals surface area (Å²) in [6, 6.07) is 27.7. The third-order valence-electron chi connectivity index (χ3n) is 13.9. The first-order valence-electron chi connectivity index (χ1n) is 23.2. The van der Waals surface area contributed by atoms with E-state index in [-0.39, 0.29) is 54.7 Å². The minimum atomic E-state index is -2.92. The molecule has 346 valence electrons. The summed E-state index contributed by atoms with van der Waals surface area (Å²) >= 11 is 0. The molecule has 0 radical (unpaired) electrons. The van der Waals surface area contributed by atoms with Crippen LogP contribution in [0, 0.1) is 17.8 Å². The van der Waals surface area contributed by atoms with Crippen LogP contribution in [0.1, 0.15) is 75.0 Å². The topological polar surface area (TPSA) is 158 Å². The molecule has 1 saturated carbocycles. The lowest BCUT2D eigenvalue weighted by atomic mass is 9.94. The Balaban J connectivity index is 0.891. The number of ether oxygens (including phenoxy) is 2. The van der Waals surface area contributed by atoms with Gasteiger partial charge in [0.15, 0.2) is 0 Å². The number of amides is 4. The number of likely N-dealkylation sites (tertiary alicyclic amines) is 2. The lowest BCUT2D eigenvalue weighted by molar-refractivity contribution is -0.140. The number of aromatic nitrogens is 2. The van der Waals surface area contributed by atoms with Crippen molar-refractivity contribution >= 4 is 67.8 Å². The molecule has 1 aromatic heterocycles. The Morgan fingerprint density at radius 2 is 1.57 bits per heavy atom. The van der Waals surface area contributed by atoms with Gasteiger partial charge in [-0.2, -0.15) is 8.78 Å². The number of H-pyrrole nitrogens is 1. The SMILES string of the molecule is COC(=O)N[C@H](C(=O)N1CCC[C@H]1c1nc2c(ccc3cc(-c4ccc5c6c(ccc5c4)N=C([C@@H]4C[C@H](COC(F)F)CN4C(=O)C(NC(=O)C4CC4)c4ccccc4)C6)ccc32)[nH]1)C(C)C. The number of fused-ring (bicyclic) bond motifs is 6. The fraction of sp³-hybridized carbons (Fsp3) is 0.385. The highest BCUT2D eigenvalue weighted by Gasteiger charge is 2.44. The lowest BCUT2D eigenvalue weighted by Gasteiger charge is -2.30. The molecule has 15 heteroatoms. The van der Waals surface area contributed by atoms with Crippen LogP contribution in [0.25, 0.3) is 43.7 Å². The summed E-state index contributed by atoms with van der Waals surface area (Å²) in [6.07, 6.45) is 3.41. The van der Waals surface area contributed by atoms with Crippen molar-refractivity contribution in [3.63, 3.8) is 0 Å². The normalized spacial score (nSPS) is 20.2. The van der Waals surface area contributed by atoms with E-state index in [1.807, 2.05) is 61.2 Å². The number of alkyl halides is 2. The van der Waals surface area contributed by atoms with Crippen molar-refractivity contribution in [2.45, 2.75) is 83.2 Å². The summed E-state index contributed by atoms with van der Waals surface area (Å²) in [5.41, 5.74) is 7.06. The summed E-state index contributed by atoms with van der Waals surface area (Å²) in [5, 5.41) is 9.80. The van der Waals surface area contributed by atoms with Crippen LogP contribution in [0.2, 0.25) is 0 Å². The Labute approximate surface area is 386 Å². The average Bonchev–Trinajstić information content (AvgIpc) is 3.67. The minimum Gasteiger partial charge on any atom is -0.453 e. The third kappa shape index (κ3) is 8.72. The van der Waals surface area contributed by atoms with Crippen LogP contribution in [0.15, 0.2) is 96.0 Å². The molecule has 3 fully saturated rings. The second-order valence-electron chi connectivity index (χ2n) is 18.7. The highest BCUT2D eigenvalue weighted by Crippen LogP contribution is 2.41. The Kier molecular flexibility index (Phi) is 12.0. The van der Waals surface area contributed by atoms with E-state index in [4.69, 9.17) is 19.5 Å². The van der Waals surface area contributed by atoms with Gasteiger partial charge in [-0.15, -0.1) is 0 Å². The van der Waals surface area contributed by atoms with Crippen molar-refractivity contribution in [1.82, 2.24) is 30.4 Å². The number of halogens is 2. The first-order valence-corrected chi connectivity index (χ1v) is 23.2. The highest BCUT2D eigenvalue weighted by molar-refractivity contribution is 6.08. The number of aliphatic imine (C=N–C) groups is 1. The van der Waals surface area contributed by atoms with Crippen LogP contribution in [-0.4, -0.2) is 94.8 Å². The summed E-state index contributed by atoms with van der Waals surface area (Å²) in [6.45, 7) is 1.45. The zero-order chi connectivity index (χ0) is 46.5. The lowest BCUT2D eigenvalue weighted by Crippen LogP contribution is -2.51. The van der Waals surface area contributed by atoms with E-state index in [1.54, 1.807) is 4.90 Å². The molecule has 3 N–H and O–H groups in total. The molecule has 1 unspecified atom stereocenters. The van der Waals surface area contributed by atoms with Crippen LogP contribution in [-0.2, 0) is 30.3 Å². The van der Waals surface area contributed by atoms with Crippen molar-refractivity contribution in [3.8, 4) is 11.1 Å². The van der Waals surface area contributed by atoms with Crippen molar-refractivity contribution in [1.29, 1.82) is 0 Å². The van der Waals surface area contributed by atoms with E-state index < -0.39 is 30.8 Å². The van der Waals surface area contributed by atoms with Gasteiger partial charge in [0.25, 0.3) is 0 Å². The molecule has 4 amide bonds. The molecule has 0 bridgehead atoms. The molecular weight excluding hydrogens is 857 g/mol. The Bertz CT molecular complexity index is 2930. The van der Waals surface area contributed by atoms with Crippen molar-refractivity contribution in [3.05, 3.63) is 108 Å². The van der Waals surface area contributed by atoms with Gasteiger partial charge in [0.1, 0.15) is 17.9 Å². The summed E-state index contributed by atoms with van der Waals surface area (Å²) in [4.78, 5) is 70.7. The number of methoxy groups -OCH3 is 1. The first-order chi connectivity index (χ1) is 32.4. The van der Waals surface area contributed by atoms with Crippen LogP contribution in [0.5, 0.6) is 0 Å². The van der Waals surface area contributed by atoms with E-state index in [2.05, 4.69) is 64.1 Å². The van der Waals surface area contributed by atoms with Crippen molar-refractivity contribution < 1.29 is 37.4 Å². The quantitative estimate of drug-likeness (QED) is 0.104. The van der Waals surface area contributed by atoms with E-state index in [0.717, 1.165) is 86.4 Å². The number of carbonyl (C=O) groups is 4. The molecule has 3 aliphatic heterocycles. The number of imidazole rings is 1. The maximum atomic E-state index is 14.6. The number of nitrogens with zero attached hydrogens (tertiary/aromatic N) is 4. The van der Waals surface area contributed by atoms with Gasteiger partial charge >= 0.3 is 12.7 Å². The van der Waals surface area contributed by atoms with Gasteiger partial charge in [0.2, 0.25) is 17.7 Å². The Morgan fingerprint density at radius 3 is 2.28 bits per heavy atom. The number of carbonyl (C=O) groups excluding carboxylic acids is 4. The second kappa shape index (κ2) is 18.2. The molecule has 4 heterocycles. The van der Waals surface area contributed by atoms with E-state index in [0.29, 0.717) is 30.8 Å². The Morgan fingerprint density at radius 1 is 0.836 bits per heavy atom. The standard InChI is InChI=1S/C52H53F2N7O6/c1-28(2)44(59-52(65)66-3)49(63)60-21-7-10-42(60)47-56-40-20-16-35-24-33(14-18-37(35)46(40)57-47)32-13-17-36-34(23-32)15-19-39-38(36)25-41(55-39)43-22-29(27-67-51(53)54)26-61(43)50(64)45(30-8-5-4-6-9-30)58-48(62)31-11-12-31/h4-6,8-9,13-20,23-24,28-29,31,42-45,51H,7,10-12,21-22,25-27H2,1-3H3,(H,56,57)(H,58,62)(H,59,65)/t29-,42-,43-,44-,45?/m0/s1. The van der Waals surface area contributed by atoms with Gasteiger partial charge in [0, 0.05) is 42.4 Å². The molecule has 10 rings (SSSR count). The zero-order valence-electron chi connectivity index (χ0n) is 37.6. The number of hydrogen-bond acceptors (Lipinski definition) is 8. The molecule has 0 spiro atoms. The molecular formula is C52H53F2N7O6. The van der Waals surface area contributed by atoms with Gasteiger partial charge in [-0.3, -0.25) is 19.4 Å². The van der Waals surface area contributed by atoms with Gasteiger partial charge in [-0.1, -0.05) is 80.6 Å². The molecule has 4 aliphatic rings. The number of hydrogen-bond donors (Lipinski definition) is 3. The monoisotopic (exact) mass is 909 g/mol. The average molecular weight is 910 g/mol. The van der Waals surface area contributed by atoms with Gasteiger partial charge in [0.05, 0.1) is 42.5 Å². The van der Waals surface area contributed by atoms with Crippen LogP contribution in [0.4, 0.5) is 19.3 Å². The number of alkyl carbamates (subject to hydrolysis) is 1. The molecule has 2 saturated heterocycles. The first kappa shape index (κ1) is 44.1. The number of benzene rings is 5. The van der Waals surface area contributed by atoms with E-state index in [1.165, 1.54) is 7.11 Å². The van der Waals surface area contributed by atoms with Crippen LogP contribution in [0.3, 0.4) is 0 Å². The molecule has 1 aliphatic carbocycles. The number of rotatable bonds is 13. The molecule has 5 aromatic carbocycles. The highest BCUT2D eigenvalue weighted by atomic mass is 19.3. The van der Waals surface area contributed by atoms with Gasteiger partial charge in [-0.05, 0) is 101 Å². The minimum absolute atomic E-state index is 0.107. The van der Waals surface area contributed by atoms with Gasteiger partial charge < -0.3 is 34.9 Å². The fourth-order valence-corrected chi connectivity index (χ4v) is 10.3. The smallest absolute Gasteiger partial charge is 0.407 e. The number of nitrogens with one attached hydrogen (secondary N) is 3. The van der Waals surface area contributed by atoms with E-state index >= 15 is 0 Å². The number of aromatic amines is 1. The maximum absolute atomic E-state index is 14.6. The van der Waals surface area contributed by atoms with E-state index in [9.17, 15) is 28.0 Å². The molecule has 13 nitrogen and oxygen atoms in total. The predicted molar refractivity (Wildman–Crippen MR) is 251 cm³/mol. The second-order valence-corrected chi connectivity index (χ2v) is 18.7. The summed E-state index contributed by atoms with van der Waals surface area (Å²) in [5.74, 6) is -0.470. The van der Waals surface area contributed by atoms with Crippen molar-refractivity contribution in [2.75, 3.05) is 26.8 Å².